The second-order valence-electron chi connectivity index (χ2n) is 6.70. The first-order chi connectivity index (χ1) is 9.79. The SMILES string of the molecule is CCC(N)(CC)COc1nccn2nc(C(C)(C)C)cc12. The first-order valence-corrected chi connectivity index (χ1v) is 7.55. The van der Waals surface area contributed by atoms with E-state index in [0.29, 0.717) is 12.5 Å². The highest BCUT2D eigenvalue weighted by molar-refractivity contribution is 5.57. The Bertz CT molecular complexity index is 608. The molecule has 2 aromatic heterocycles. The Balaban J connectivity index is 2.30. The number of aromatic nitrogens is 3. The monoisotopic (exact) mass is 290 g/mol. The van der Waals surface area contributed by atoms with Crippen molar-refractivity contribution < 1.29 is 4.74 Å². The van der Waals surface area contributed by atoms with Crippen LogP contribution in [0.4, 0.5) is 0 Å². The van der Waals surface area contributed by atoms with Gasteiger partial charge in [0.25, 0.3) is 0 Å². The first-order valence-electron chi connectivity index (χ1n) is 7.55. The fraction of sp³-hybridized carbons (Fsp3) is 0.625. The highest BCUT2D eigenvalue weighted by atomic mass is 16.5. The van der Waals surface area contributed by atoms with Crippen molar-refractivity contribution in [3.8, 4) is 5.88 Å². The Hall–Kier alpha value is -1.62. The van der Waals surface area contributed by atoms with E-state index in [1.807, 2.05) is 16.8 Å². The summed E-state index contributed by atoms with van der Waals surface area (Å²) in [5.74, 6) is 0.595. The molecule has 5 heteroatoms. The van der Waals surface area contributed by atoms with E-state index in [1.54, 1.807) is 6.20 Å². The Morgan fingerprint density at radius 2 is 1.90 bits per heavy atom. The Kier molecular flexibility index (Phi) is 4.23. The summed E-state index contributed by atoms with van der Waals surface area (Å²) in [6.07, 6.45) is 5.29. The number of fused-ring (bicyclic) bond motifs is 1. The number of hydrogen-bond donors (Lipinski definition) is 1. The van der Waals surface area contributed by atoms with Crippen molar-refractivity contribution in [3.05, 3.63) is 24.2 Å². The molecule has 0 unspecified atom stereocenters. The Morgan fingerprint density at radius 1 is 1.24 bits per heavy atom. The maximum Gasteiger partial charge on any atom is 0.240 e. The highest BCUT2D eigenvalue weighted by Crippen LogP contribution is 2.26. The number of hydrogen-bond acceptors (Lipinski definition) is 4. The predicted octanol–water partition coefficient (Wildman–Crippen LogP) is 2.92. The molecule has 2 aromatic rings. The third-order valence-corrected chi connectivity index (χ3v) is 4.03. The average Bonchev–Trinajstić information content (AvgIpc) is 2.89. The minimum Gasteiger partial charge on any atom is -0.474 e. The maximum atomic E-state index is 6.29. The van der Waals surface area contributed by atoms with Gasteiger partial charge >= 0.3 is 0 Å². The molecule has 0 radical (unpaired) electrons. The molecule has 5 nitrogen and oxygen atoms in total. The number of rotatable bonds is 5. The molecule has 116 valence electrons. The second-order valence-corrected chi connectivity index (χ2v) is 6.70. The van der Waals surface area contributed by atoms with Gasteiger partial charge in [-0.25, -0.2) is 9.50 Å². The smallest absolute Gasteiger partial charge is 0.240 e. The van der Waals surface area contributed by atoms with Gasteiger partial charge in [0.2, 0.25) is 5.88 Å². The Morgan fingerprint density at radius 3 is 2.48 bits per heavy atom. The van der Waals surface area contributed by atoms with Crippen molar-refractivity contribution in [2.75, 3.05) is 6.61 Å². The largest absolute Gasteiger partial charge is 0.474 e. The topological polar surface area (TPSA) is 65.4 Å². The van der Waals surface area contributed by atoms with E-state index in [2.05, 4.69) is 44.7 Å². The number of nitrogens with zero attached hydrogens (tertiary/aromatic N) is 3. The minimum atomic E-state index is -0.304. The molecule has 0 amide bonds. The van der Waals surface area contributed by atoms with Gasteiger partial charge in [-0.05, 0) is 18.9 Å². The van der Waals surface area contributed by atoms with E-state index in [0.717, 1.165) is 24.1 Å². The molecule has 0 aliphatic rings. The summed E-state index contributed by atoms with van der Waals surface area (Å²) in [4.78, 5) is 4.34. The summed E-state index contributed by atoms with van der Waals surface area (Å²) in [6.45, 7) is 11.0. The van der Waals surface area contributed by atoms with Crippen molar-refractivity contribution in [3.63, 3.8) is 0 Å². The van der Waals surface area contributed by atoms with Gasteiger partial charge < -0.3 is 10.5 Å². The first kappa shape index (κ1) is 15.8. The van der Waals surface area contributed by atoms with E-state index in [1.165, 1.54) is 0 Å². The predicted molar refractivity (Wildman–Crippen MR) is 84.7 cm³/mol. The molecule has 2 rings (SSSR count). The molecule has 21 heavy (non-hydrogen) atoms. The summed E-state index contributed by atoms with van der Waals surface area (Å²) in [5.41, 5.74) is 7.88. The van der Waals surface area contributed by atoms with Crippen LogP contribution in [0.15, 0.2) is 18.5 Å². The fourth-order valence-electron chi connectivity index (χ4n) is 2.04. The zero-order valence-corrected chi connectivity index (χ0v) is 13.7. The molecule has 2 N–H and O–H groups in total. The Labute approximate surface area is 126 Å². The van der Waals surface area contributed by atoms with Crippen molar-refractivity contribution in [1.82, 2.24) is 14.6 Å². The van der Waals surface area contributed by atoms with Crippen LogP contribution >= 0.6 is 0 Å². The summed E-state index contributed by atoms with van der Waals surface area (Å²) in [5, 5.41) is 4.59. The molecule has 0 spiro atoms. The maximum absolute atomic E-state index is 6.29. The lowest BCUT2D eigenvalue weighted by Gasteiger charge is -2.26. The van der Waals surface area contributed by atoms with Crippen molar-refractivity contribution >= 4 is 5.52 Å². The number of nitrogens with two attached hydrogens (primary N) is 1. The van der Waals surface area contributed by atoms with Gasteiger partial charge in [-0.1, -0.05) is 34.6 Å². The average molecular weight is 290 g/mol. The molecular formula is C16H26N4O. The zero-order valence-electron chi connectivity index (χ0n) is 13.7. The van der Waals surface area contributed by atoms with E-state index in [-0.39, 0.29) is 11.0 Å². The van der Waals surface area contributed by atoms with Gasteiger partial charge in [-0.15, -0.1) is 0 Å². The van der Waals surface area contributed by atoms with E-state index >= 15 is 0 Å². The van der Waals surface area contributed by atoms with Crippen LogP contribution in [0.3, 0.4) is 0 Å². The molecule has 2 heterocycles. The van der Waals surface area contributed by atoms with E-state index < -0.39 is 0 Å². The van der Waals surface area contributed by atoms with Gasteiger partial charge in [0.1, 0.15) is 12.1 Å². The molecule has 0 saturated carbocycles. The summed E-state index contributed by atoms with van der Waals surface area (Å²) >= 11 is 0. The third kappa shape index (κ3) is 3.35. The lowest BCUT2D eigenvalue weighted by Crippen LogP contribution is -2.44. The van der Waals surface area contributed by atoms with Crippen molar-refractivity contribution in [2.45, 2.75) is 58.4 Å². The van der Waals surface area contributed by atoms with Crippen LogP contribution in [0, 0.1) is 0 Å². The van der Waals surface area contributed by atoms with Crippen molar-refractivity contribution in [1.29, 1.82) is 0 Å². The van der Waals surface area contributed by atoms with Gasteiger partial charge in [0.15, 0.2) is 0 Å². The molecular weight excluding hydrogens is 264 g/mol. The second kappa shape index (κ2) is 5.64. The normalized spacial score (nSPS) is 12.9. The fourth-order valence-corrected chi connectivity index (χ4v) is 2.04. The molecule has 0 aliphatic carbocycles. The van der Waals surface area contributed by atoms with Crippen LogP contribution in [-0.4, -0.2) is 26.7 Å². The number of ether oxygens (including phenoxy) is 1. The van der Waals surface area contributed by atoms with Crippen LogP contribution in [-0.2, 0) is 5.41 Å². The molecule has 0 fully saturated rings. The molecule has 0 saturated heterocycles. The van der Waals surface area contributed by atoms with Crippen LogP contribution in [0.1, 0.15) is 53.2 Å². The van der Waals surface area contributed by atoms with E-state index in [4.69, 9.17) is 10.5 Å². The molecule has 0 bridgehead atoms. The van der Waals surface area contributed by atoms with Crippen LogP contribution in [0.2, 0.25) is 0 Å². The quantitative estimate of drug-likeness (QED) is 0.919. The van der Waals surface area contributed by atoms with Crippen molar-refractivity contribution in [2.24, 2.45) is 5.73 Å². The molecule has 0 aromatic carbocycles. The highest BCUT2D eigenvalue weighted by Gasteiger charge is 2.23. The van der Waals surface area contributed by atoms with E-state index in [9.17, 15) is 0 Å². The van der Waals surface area contributed by atoms with Crippen LogP contribution in [0.25, 0.3) is 5.52 Å². The summed E-state index contributed by atoms with van der Waals surface area (Å²) < 4.78 is 7.71. The minimum absolute atomic E-state index is 0.00620. The van der Waals surface area contributed by atoms with Gasteiger partial charge in [0.05, 0.1) is 5.69 Å². The lowest BCUT2D eigenvalue weighted by atomic mass is 9.92. The van der Waals surface area contributed by atoms with Gasteiger partial charge in [0, 0.05) is 23.3 Å². The molecule has 0 aliphatic heterocycles. The molecule has 0 atom stereocenters. The van der Waals surface area contributed by atoms with Crippen LogP contribution < -0.4 is 10.5 Å². The van der Waals surface area contributed by atoms with Gasteiger partial charge in [-0.2, -0.15) is 5.10 Å². The lowest BCUT2D eigenvalue weighted by molar-refractivity contribution is 0.202. The third-order valence-electron chi connectivity index (χ3n) is 4.03. The summed E-state index contributed by atoms with van der Waals surface area (Å²) in [7, 11) is 0. The van der Waals surface area contributed by atoms with Crippen LogP contribution in [0.5, 0.6) is 5.88 Å². The standard InChI is InChI=1S/C16H26N4O/c1-6-16(17,7-2)11-21-14-12-10-13(15(3,4)5)19-20(12)9-8-18-14/h8-10H,6-7,11,17H2,1-5H3. The van der Waals surface area contributed by atoms with Gasteiger partial charge in [-0.3, -0.25) is 0 Å². The summed E-state index contributed by atoms with van der Waals surface area (Å²) in [6, 6.07) is 2.04. The zero-order chi connectivity index (χ0) is 15.7.